The average Bonchev–Trinajstić information content (AvgIpc) is 3.28. The van der Waals surface area contributed by atoms with Crippen molar-refractivity contribution in [2.24, 2.45) is 0 Å². The standard InChI is InChI=1S/C26H25N5/c27-24-17-23(25-26(28-24)30-31-29-25)22(20-9-2-1-3-10-20)16-7-5-12-19-14-8-13-18-11-4-6-15-21(18)19/h1-4,6,8-11,13-15,17,22H,5,7,12,16H2,(H3,27,28,29,30,31). The number of anilines is 1. The van der Waals surface area contributed by atoms with Crippen LogP contribution in [0.5, 0.6) is 0 Å². The van der Waals surface area contributed by atoms with Crippen LogP contribution in [-0.4, -0.2) is 20.4 Å². The summed E-state index contributed by atoms with van der Waals surface area (Å²) < 4.78 is 0. The number of aryl methyl sites for hydroxylation is 1. The second-order valence-electron chi connectivity index (χ2n) is 7.98. The van der Waals surface area contributed by atoms with Crippen LogP contribution in [0.2, 0.25) is 0 Å². The smallest absolute Gasteiger partial charge is 0.203 e. The maximum atomic E-state index is 6.09. The summed E-state index contributed by atoms with van der Waals surface area (Å²) in [4.78, 5) is 4.31. The zero-order valence-corrected chi connectivity index (χ0v) is 17.3. The highest BCUT2D eigenvalue weighted by Crippen LogP contribution is 2.34. The van der Waals surface area contributed by atoms with Gasteiger partial charge in [0.05, 0.1) is 0 Å². The lowest BCUT2D eigenvalue weighted by molar-refractivity contribution is 0.628. The molecule has 0 fully saturated rings. The highest BCUT2D eigenvalue weighted by molar-refractivity contribution is 5.85. The van der Waals surface area contributed by atoms with Crippen molar-refractivity contribution in [3.05, 3.63) is 95.6 Å². The summed E-state index contributed by atoms with van der Waals surface area (Å²) in [6.45, 7) is 0. The van der Waals surface area contributed by atoms with Crippen molar-refractivity contribution in [3.8, 4) is 0 Å². The van der Waals surface area contributed by atoms with Crippen molar-refractivity contribution in [1.82, 2.24) is 20.4 Å². The number of hydrogen-bond acceptors (Lipinski definition) is 4. The predicted octanol–water partition coefficient (Wildman–Crippen LogP) is 5.63. The van der Waals surface area contributed by atoms with Gasteiger partial charge in [-0.25, -0.2) is 4.98 Å². The molecule has 0 aliphatic carbocycles. The maximum Gasteiger partial charge on any atom is 0.203 e. The predicted molar refractivity (Wildman–Crippen MR) is 126 cm³/mol. The third-order valence-electron chi connectivity index (χ3n) is 5.99. The second-order valence-corrected chi connectivity index (χ2v) is 7.98. The topological polar surface area (TPSA) is 80.5 Å². The van der Waals surface area contributed by atoms with E-state index < -0.39 is 0 Å². The lowest BCUT2D eigenvalue weighted by Crippen LogP contribution is -2.05. The van der Waals surface area contributed by atoms with E-state index in [1.54, 1.807) is 0 Å². The molecule has 3 aromatic carbocycles. The minimum Gasteiger partial charge on any atom is -0.384 e. The average molecular weight is 408 g/mol. The molecule has 0 spiro atoms. The minimum atomic E-state index is 0.201. The Morgan fingerprint density at radius 3 is 2.55 bits per heavy atom. The molecule has 2 aromatic heterocycles. The number of fused-ring (bicyclic) bond motifs is 2. The van der Waals surface area contributed by atoms with Gasteiger partial charge in [0.25, 0.3) is 0 Å². The monoisotopic (exact) mass is 407 g/mol. The first-order valence-corrected chi connectivity index (χ1v) is 10.8. The van der Waals surface area contributed by atoms with Crippen molar-refractivity contribution >= 4 is 27.8 Å². The SMILES string of the molecule is Nc1cc(C(CCCCc2cccc3ccccc23)c2ccccc2)c2n[nH]nc2n1. The van der Waals surface area contributed by atoms with Gasteiger partial charge >= 0.3 is 0 Å². The van der Waals surface area contributed by atoms with Crippen LogP contribution < -0.4 is 5.73 Å². The third kappa shape index (κ3) is 3.99. The molecule has 0 bridgehead atoms. The van der Waals surface area contributed by atoms with Crippen molar-refractivity contribution in [2.45, 2.75) is 31.6 Å². The normalized spacial score (nSPS) is 12.4. The Hall–Kier alpha value is -3.73. The van der Waals surface area contributed by atoms with Gasteiger partial charge in [0.15, 0.2) is 0 Å². The van der Waals surface area contributed by atoms with Crippen LogP contribution in [0.15, 0.2) is 78.9 Å². The number of unbranched alkanes of at least 4 members (excludes halogenated alkanes) is 1. The fourth-order valence-corrected chi connectivity index (χ4v) is 4.51. The molecule has 1 unspecified atom stereocenters. The maximum absolute atomic E-state index is 6.09. The Morgan fingerprint density at radius 1 is 0.839 bits per heavy atom. The first kappa shape index (κ1) is 19.2. The summed E-state index contributed by atoms with van der Waals surface area (Å²) in [5, 5.41) is 13.9. The Balaban J connectivity index is 1.38. The van der Waals surface area contributed by atoms with Gasteiger partial charge in [-0.3, -0.25) is 0 Å². The van der Waals surface area contributed by atoms with Gasteiger partial charge in [0.1, 0.15) is 11.3 Å². The lowest BCUT2D eigenvalue weighted by Gasteiger charge is -2.19. The van der Waals surface area contributed by atoms with Gasteiger partial charge < -0.3 is 5.73 Å². The van der Waals surface area contributed by atoms with Crippen molar-refractivity contribution in [1.29, 1.82) is 0 Å². The van der Waals surface area contributed by atoms with Gasteiger partial charge in [0, 0.05) is 5.92 Å². The van der Waals surface area contributed by atoms with E-state index in [-0.39, 0.29) is 5.92 Å². The van der Waals surface area contributed by atoms with E-state index in [0.717, 1.165) is 36.8 Å². The number of pyridine rings is 1. The number of hydrogen-bond donors (Lipinski definition) is 2. The molecule has 5 rings (SSSR count). The fraction of sp³-hybridized carbons (Fsp3) is 0.192. The van der Waals surface area contributed by atoms with E-state index in [1.165, 1.54) is 21.9 Å². The lowest BCUT2D eigenvalue weighted by atomic mass is 9.86. The molecule has 5 nitrogen and oxygen atoms in total. The van der Waals surface area contributed by atoms with Crippen LogP contribution in [-0.2, 0) is 6.42 Å². The number of nitrogens with zero attached hydrogens (tertiary/aromatic N) is 3. The quantitative estimate of drug-likeness (QED) is 0.343. The number of nitrogen functional groups attached to an aromatic ring is 1. The molecule has 5 heteroatoms. The molecule has 0 radical (unpaired) electrons. The number of aromatic amines is 1. The van der Waals surface area contributed by atoms with Gasteiger partial charge in [-0.1, -0.05) is 79.2 Å². The van der Waals surface area contributed by atoms with E-state index in [9.17, 15) is 0 Å². The molecule has 2 heterocycles. The summed E-state index contributed by atoms with van der Waals surface area (Å²) >= 11 is 0. The van der Waals surface area contributed by atoms with Gasteiger partial charge in [-0.15, -0.1) is 5.10 Å². The molecule has 31 heavy (non-hydrogen) atoms. The molecule has 0 amide bonds. The van der Waals surface area contributed by atoms with E-state index in [1.807, 2.05) is 12.1 Å². The van der Waals surface area contributed by atoms with E-state index in [0.29, 0.717) is 11.5 Å². The van der Waals surface area contributed by atoms with Crippen molar-refractivity contribution < 1.29 is 0 Å². The molecule has 154 valence electrons. The third-order valence-corrected chi connectivity index (χ3v) is 5.99. The molecule has 3 N–H and O–H groups in total. The Morgan fingerprint density at radius 2 is 1.65 bits per heavy atom. The van der Waals surface area contributed by atoms with Gasteiger partial charge in [0.2, 0.25) is 5.65 Å². The van der Waals surface area contributed by atoms with Gasteiger partial charge in [-0.05, 0) is 52.8 Å². The van der Waals surface area contributed by atoms with E-state index >= 15 is 0 Å². The first-order valence-electron chi connectivity index (χ1n) is 10.8. The fourth-order valence-electron chi connectivity index (χ4n) is 4.51. The number of H-pyrrole nitrogens is 1. The molecule has 5 aromatic rings. The van der Waals surface area contributed by atoms with Crippen LogP contribution in [0, 0.1) is 0 Å². The molecule has 0 saturated heterocycles. The molecule has 0 aliphatic heterocycles. The zero-order valence-electron chi connectivity index (χ0n) is 17.3. The number of nitrogens with two attached hydrogens (primary N) is 1. The highest BCUT2D eigenvalue weighted by Gasteiger charge is 2.20. The summed E-state index contributed by atoms with van der Waals surface area (Å²) in [5.41, 5.74) is 11.2. The molecule has 1 atom stereocenters. The summed E-state index contributed by atoms with van der Waals surface area (Å²) in [7, 11) is 0. The van der Waals surface area contributed by atoms with E-state index in [4.69, 9.17) is 5.73 Å². The summed E-state index contributed by atoms with van der Waals surface area (Å²) in [6, 6.07) is 27.7. The first-order chi connectivity index (χ1) is 15.3. The molecule has 0 aliphatic rings. The van der Waals surface area contributed by atoms with E-state index in [2.05, 4.69) is 87.1 Å². The molecular weight excluding hydrogens is 382 g/mol. The largest absolute Gasteiger partial charge is 0.384 e. The Kier molecular flexibility index (Phi) is 5.31. The van der Waals surface area contributed by atoms with Crippen LogP contribution in [0.3, 0.4) is 0 Å². The van der Waals surface area contributed by atoms with Gasteiger partial charge in [-0.2, -0.15) is 10.3 Å². The van der Waals surface area contributed by atoms with Crippen molar-refractivity contribution in [3.63, 3.8) is 0 Å². The van der Waals surface area contributed by atoms with Crippen molar-refractivity contribution in [2.75, 3.05) is 5.73 Å². The van der Waals surface area contributed by atoms with Crippen LogP contribution in [0.1, 0.15) is 41.9 Å². The number of benzene rings is 3. The second kappa shape index (κ2) is 8.56. The zero-order chi connectivity index (χ0) is 21.0. The molecular formula is C26H25N5. The minimum absolute atomic E-state index is 0.201. The summed E-state index contributed by atoms with van der Waals surface area (Å²) in [5.74, 6) is 0.680. The van der Waals surface area contributed by atoms with Crippen LogP contribution in [0.25, 0.3) is 21.9 Å². The number of nitrogens with one attached hydrogen (secondary N) is 1. The molecule has 0 saturated carbocycles. The van der Waals surface area contributed by atoms with Crippen LogP contribution in [0.4, 0.5) is 5.82 Å². The number of rotatable bonds is 7. The number of aromatic nitrogens is 4. The Labute approximate surface area is 181 Å². The highest BCUT2D eigenvalue weighted by atomic mass is 15.3. The summed E-state index contributed by atoms with van der Waals surface area (Å²) in [6.07, 6.45) is 4.31. The van der Waals surface area contributed by atoms with Crippen LogP contribution >= 0.6 is 0 Å². The Bertz CT molecular complexity index is 1300.